The lowest BCUT2D eigenvalue weighted by molar-refractivity contribution is 0.669. The van der Waals surface area contributed by atoms with Gasteiger partial charge in [0.2, 0.25) is 5.95 Å². The van der Waals surface area contributed by atoms with E-state index in [4.69, 9.17) is 19.4 Å². The Morgan fingerprint density at radius 1 is 0.317 bits per heavy atom. The van der Waals surface area contributed by atoms with Crippen molar-refractivity contribution >= 4 is 65.6 Å². The highest BCUT2D eigenvalue weighted by Gasteiger charge is 2.23. The molecule has 13 rings (SSSR count). The molecule has 4 heterocycles. The van der Waals surface area contributed by atoms with Crippen LogP contribution in [0.3, 0.4) is 0 Å². The molecule has 0 aliphatic carbocycles. The molecule has 0 amide bonds. The highest BCUT2D eigenvalue weighted by atomic mass is 16.3. The predicted octanol–water partition coefficient (Wildman–Crippen LogP) is 14.6. The van der Waals surface area contributed by atoms with E-state index in [2.05, 4.69) is 173 Å². The van der Waals surface area contributed by atoms with Gasteiger partial charge in [-0.1, -0.05) is 170 Å². The van der Waals surface area contributed by atoms with Gasteiger partial charge in [0.05, 0.1) is 27.8 Å². The van der Waals surface area contributed by atoms with E-state index in [-0.39, 0.29) is 0 Å². The molecule has 63 heavy (non-hydrogen) atoms. The van der Waals surface area contributed by atoms with Crippen molar-refractivity contribution in [1.82, 2.24) is 24.1 Å². The van der Waals surface area contributed by atoms with Crippen molar-refractivity contribution in [3.63, 3.8) is 0 Å². The molecule has 0 aliphatic heterocycles. The first-order valence-corrected chi connectivity index (χ1v) is 21.2. The molecule has 0 saturated heterocycles. The van der Waals surface area contributed by atoms with Gasteiger partial charge in [0, 0.05) is 49.0 Å². The summed E-state index contributed by atoms with van der Waals surface area (Å²) in [7, 11) is 0. The maximum atomic E-state index is 6.35. The van der Waals surface area contributed by atoms with Gasteiger partial charge in [-0.2, -0.15) is 9.97 Å². The number of hydrogen-bond donors (Lipinski definition) is 0. The van der Waals surface area contributed by atoms with Gasteiger partial charge in [0.25, 0.3) is 0 Å². The molecule has 0 radical (unpaired) electrons. The highest BCUT2D eigenvalue weighted by molar-refractivity contribution is 6.19. The van der Waals surface area contributed by atoms with Gasteiger partial charge in [-0.05, 0) is 59.2 Å². The minimum absolute atomic E-state index is 0.535. The van der Waals surface area contributed by atoms with Crippen LogP contribution in [0.1, 0.15) is 0 Å². The number of aromatic nitrogens is 5. The van der Waals surface area contributed by atoms with E-state index >= 15 is 0 Å². The van der Waals surface area contributed by atoms with Crippen molar-refractivity contribution in [3.05, 3.63) is 212 Å². The summed E-state index contributed by atoms with van der Waals surface area (Å²) in [6.07, 6.45) is 0. The van der Waals surface area contributed by atoms with E-state index in [0.717, 1.165) is 88.3 Å². The highest BCUT2D eigenvalue weighted by Crippen LogP contribution is 2.43. The Labute approximate surface area is 361 Å². The standard InChI is InChI=1S/C57H35N5O/c1-4-17-36(18-5-1)39-31-32-40(37-19-6-2-7-20-37)49(33-39)61-47-27-13-10-23-41(47)45-34-46-42-24-11-14-28-48(42)62(51(46)35-50(45)61)57-59-55(38-21-8-3-9-22-38)58-56(60-57)44-26-16-30-53-54(44)43-25-12-15-29-52(43)63-53/h1-35H. The van der Waals surface area contributed by atoms with Crippen LogP contribution in [0.5, 0.6) is 0 Å². The Morgan fingerprint density at radius 2 is 0.889 bits per heavy atom. The molecular weight excluding hydrogens is 771 g/mol. The fourth-order valence-electron chi connectivity index (χ4n) is 9.56. The van der Waals surface area contributed by atoms with Gasteiger partial charge in [0.1, 0.15) is 11.2 Å². The van der Waals surface area contributed by atoms with Gasteiger partial charge >= 0.3 is 0 Å². The van der Waals surface area contributed by atoms with Gasteiger partial charge in [-0.15, -0.1) is 0 Å². The van der Waals surface area contributed by atoms with Crippen LogP contribution in [0.2, 0.25) is 0 Å². The summed E-state index contributed by atoms with van der Waals surface area (Å²) in [5.74, 6) is 1.70. The minimum atomic E-state index is 0.535. The van der Waals surface area contributed by atoms with Gasteiger partial charge in [-0.3, -0.25) is 4.57 Å². The molecule has 9 aromatic carbocycles. The summed E-state index contributed by atoms with van der Waals surface area (Å²) in [6, 6.07) is 74.6. The van der Waals surface area contributed by atoms with E-state index in [9.17, 15) is 0 Å². The van der Waals surface area contributed by atoms with Crippen molar-refractivity contribution in [2.75, 3.05) is 0 Å². The van der Waals surface area contributed by atoms with Crippen molar-refractivity contribution in [1.29, 1.82) is 0 Å². The molecule has 4 aromatic heterocycles. The van der Waals surface area contributed by atoms with Crippen LogP contribution in [0, 0.1) is 0 Å². The SMILES string of the molecule is c1ccc(-c2ccc(-c3ccccc3)c(-n3c4ccccc4c4cc5c6ccccc6n(-c6nc(-c7ccccc7)nc(-c7cccc8oc9ccccc9c78)n6)c5cc43)c2)cc1. The molecule has 6 nitrogen and oxygen atoms in total. The van der Waals surface area contributed by atoms with Gasteiger partial charge in [0.15, 0.2) is 11.6 Å². The number of fused-ring (bicyclic) bond motifs is 9. The van der Waals surface area contributed by atoms with E-state index in [1.807, 2.05) is 48.5 Å². The Kier molecular flexibility index (Phi) is 7.80. The summed E-state index contributed by atoms with van der Waals surface area (Å²) in [5, 5.41) is 6.59. The lowest BCUT2D eigenvalue weighted by Crippen LogP contribution is -2.06. The molecule has 0 spiro atoms. The smallest absolute Gasteiger partial charge is 0.238 e. The number of para-hydroxylation sites is 3. The second-order valence-electron chi connectivity index (χ2n) is 16.0. The quantitative estimate of drug-likeness (QED) is 0.168. The van der Waals surface area contributed by atoms with Crippen molar-refractivity contribution < 1.29 is 4.42 Å². The largest absolute Gasteiger partial charge is 0.456 e. The lowest BCUT2D eigenvalue weighted by Gasteiger charge is -2.16. The lowest BCUT2D eigenvalue weighted by atomic mass is 9.98. The Bertz CT molecular complexity index is 3900. The second-order valence-corrected chi connectivity index (χ2v) is 16.0. The van der Waals surface area contributed by atoms with Crippen molar-refractivity contribution in [2.24, 2.45) is 0 Å². The molecule has 0 aliphatic rings. The van der Waals surface area contributed by atoms with Crippen LogP contribution in [-0.2, 0) is 0 Å². The third-order valence-electron chi connectivity index (χ3n) is 12.4. The van der Waals surface area contributed by atoms with Crippen molar-refractivity contribution in [3.8, 4) is 56.7 Å². The predicted molar refractivity (Wildman–Crippen MR) is 258 cm³/mol. The van der Waals surface area contributed by atoms with E-state index in [1.54, 1.807) is 0 Å². The van der Waals surface area contributed by atoms with Crippen LogP contribution >= 0.6 is 0 Å². The van der Waals surface area contributed by atoms with Crippen molar-refractivity contribution in [2.45, 2.75) is 0 Å². The Morgan fingerprint density at radius 3 is 1.62 bits per heavy atom. The van der Waals surface area contributed by atoms with Crippen LogP contribution in [0.25, 0.3) is 122 Å². The molecule has 6 heteroatoms. The summed E-state index contributed by atoms with van der Waals surface area (Å²) in [6.45, 7) is 0. The van der Waals surface area contributed by atoms with Crippen LogP contribution < -0.4 is 0 Å². The second kappa shape index (κ2) is 14.0. The van der Waals surface area contributed by atoms with Crippen LogP contribution in [-0.4, -0.2) is 24.1 Å². The Balaban J connectivity index is 1.13. The summed E-state index contributed by atoms with van der Waals surface area (Å²) < 4.78 is 11.0. The monoisotopic (exact) mass is 805 g/mol. The fraction of sp³-hybridized carbons (Fsp3) is 0. The zero-order chi connectivity index (χ0) is 41.4. The molecule has 0 saturated carbocycles. The molecule has 0 unspecified atom stereocenters. The number of nitrogens with zero attached hydrogens (tertiary/aromatic N) is 5. The third kappa shape index (κ3) is 5.55. The Hall–Kier alpha value is -8.61. The topological polar surface area (TPSA) is 61.7 Å². The van der Waals surface area contributed by atoms with E-state index in [1.165, 1.54) is 16.3 Å². The average molecular weight is 806 g/mol. The molecular formula is C57H35N5O. The molecule has 0 fully saturated rings. The molecule has 0 atom stereocenters. The number of hydrogen-bond acceptors (Lipinski definition) is 4. The first kappa shape index (κ1) is 35.2. The first-order chi connectivity index (χ1) is 31.2. The summed E-state index contributed by atoms with van der Waals surface area (Å²) in [5.41, 5.74) is 13.3. The van der Waals surface area contributed by atoms with E-state index in [0.29, 0.717) is 17.6 Å². The van der Waals surface area contributed by atoms with Gasteiger partial charge in [-0.25, -0.2) is 4.98 Å². The maximum absolute atomic E-state index is 6.35. The minimum Gasteiger partial charge on any atom is -0.456 e. The van der Waals surface area contributed by atoms with Crippen LogP contribution in [0.4, 0.5) is 0 Å². The van der Waals surface area contributed by atoms with Gasteiger partial charge < -0.3 is 8.98 Å². The summed E-state index contributed by atoms with van der Waals surface area (Å²) >= 11 is 0. The maximum Gasteiger partial charge on any atom is 0.238 e. The zero-order valence-electron chi connectivity index (χ0n) is 33.9. The molecule has 13 aromatic rings. The van der Waals surface area contributed by atoms with Crippen LogP contribution in [0.15, 0.2) is 217 Å². The summed E-state index contributed by atoms with van der Waals surface area (Å²) in [4.78, 5) is 15.9. The zero-order valence-corrected chi connectivity index (χ0v) is 33.9. The van der Waals surface area contributed by atoms with E-state index < -0.39 is 0 Å². The number of benzene rings is 9. The molecule has 0 bridgehead atoms. The number of furan rings is 1. The molecule has 0 N–H and O–H groups in total. The molecule has 294 valence electrons. The number of rotatable bonds is 6. The normalized spacial score (nSPS) is 11.8. The third-order valence-corrected chi connectivity index (χ3v) is 12.4. The average Bonchev–Trinajstić information content (AvgIpc) is 4.01. The fourth-order valence-corrected chi connectivity index (χ4v) is 9.56. The first-order valence-electron chi connectivity index (χ1n) is 21.2.